The highest BCUT2D eigenvalue weighted by Gasteiger charge is 2.05. The summed E-state index contributed by atoms with van der Waals surface area (Å²) in [6, 6.07) is 8.52. The molecule has 1 aromatic heterocycles. The molecule has 0 unspecified atom stereocenters. The number of aromatic nitrogens is 2. The zero-order chi connectivity index (χ0) is 12.9. The molecule has 1 aliphatic rings. The maximum Gasteiger partial charge on any atom is 0.0949 e. The minimum Gasteiger partial charge on any atom is -0.365 e. The van der Waals surface area contributed by atoms with Crippen LogP contribution in [0.2, 0.25) is 0 Å². The third-order valence-electron chi connectivity index (χ3n) is 3.11. The molecule has 1 aliphatic heterocycles. The number of nitrogens with one attached hydrogen (secondary N) is 1. The van der Waals surface area contributed by atoms with Crippen LogP contribution in [-0.4, -0.2) is 14.5 Å². The van der Waals surface area contributed by atoms with Crippen LogP contribution in [0, 0.1) is 0 Å². The topological polar surface area (TPSA) is 33.1 Å². The van der Waals surface area contributed by atoms with Gasteiger partial charge < -0.3 is 14.8 Å². The predicted octanol–water partition coefficient (Wildman–Crippen LogP) is 2.28. The number of rotatable bonds is 4. The monoisotopic (exact) mass is 252 g/mol. The van der Waals surface area contributed by atoms with E-state index in [-0.39, 0.29) is 0 Å². The summed E-state index contributed by atoms with van der Waals surface area (Å²) in [6.07, 6.45) is 13.6. The molecule has 0 spiro atoms. The maximum absolute atomic E-state index is 4.09. The van der Waals surface area contributed by atoms with Crippen LogP contribution in [0.5, 0.6) is 0 Å². The molecule has 0 saturated carbocycles. The van der Waals surface area contributed by atoms with E-state index in [4.69, 9.17) is 0 Å². The second-order valence-corrected chi connectivity index (χ2v) is 4.47. The normalized spacial score (nSPS) is 13.6. The van der Waals surface area contributed by atoms with E-state index in [1.807, 2.05) is 43.5 Å². The first-order chi connectivity index (χ1) is 9.42. The van der Waals surface area contributed by atoms with Crippen LogP contribution in [-0.2, 0) is 13.1 Å². The average Bonchev–Trinajstić information content (AvgIpc) is 2.95. The molecule has 4 nitrogen and oxygen atoms in total. The Morgan fingerprint density at radius 2 is 1.74 bits per heavy atom. The fourth-order valence-electron chi connectivity index (χ4n) is 2.13. The smallest absolute Gasteiger partial charge is 0.0949 e. The first-order valence-electron chi connectivity index (χ1n) is 6.29. The number of hydrogen-bond acceptors (Lipinski definition) is 3. The lowest BCUT2D eigenvalue weighted by Gasteiger charge is -2.20. The lowest BCUT2D eigenvalue weighted by molar-refractivity contribution is 0.485. The molecule has 2 aromatic rings. The number of hydrogen-bond donors (Lipinski definition) is 1. The second-order valence-electron chi connectivity index (χ2n) is 4.47. The van der Waals surface area contributed by atoms with E-state index in [1.54, 1.807) is 0 Å². The molecule has 0 atom stereocenters. The lowest BCUT2D eigenvalue weighted by Crippen LogP contribution is -2.16. The molecule has 1 aromatic carbocycles. The average molecular weight is 252 g/mol. The van der Waals surface area contributed by atoms with Crippen molar-refractivity contribution in [3.63, 3.8) is 0 Å². The van der Waals surface area contributed by atoms with Gasteiger partial charge in [0, 0.05) is 50.3 Å². The SMILES string of the molecule is C1=CN(Cc2ccccc2Cn2ccnc2)C=CN1. The third kappa shape index (κ3) is 2.85. The molecule has 1 N–H and O–H groups in total. The fraction of sp³-hybridized carbons (Fsp3) is 0.133. The summed E-state index contributed by atoms with van der Waals surface area (Å²) >= 11 is 0. The van der Waals surface area contributed by atoms with Crippen LogP contribution in [0.15, 0.2) is 67.8 Å². The van der Waals surface area contributed by atoms with Crippen molar-refractivity contribution in [3.05, 3.63) is 78.9 Å². The van der Waals surface area contributed by atoms with E-state index in [9.17, 15) is 0 Å². The number of nitrogens with zero attached hydrogens (tertiary/aromatic N) is 3. The van der Waals surface area contributed by atoms with Gasteiger partial charge in [0.25, 0.3) is 0 Å². The summed E-state index contributed by atoms with van der Waals surface area (Å²) in [6.45, 7) is 1.73. The largest absolute Gasteiger partial charge is 0.365 e. The fourth-order valence-corrected chi connectivity index (χ4v) is 2.13. The Morgan fingerprint density at radius 1 is 1.00 bits per heavy atom. The Labute approximate surface area is 112 Å². The predicted molar refractivity (Wildman–Crippen MR) is 74.7 cm³/mol. The van der Waals surface area contributed by atoms with E-state index in [0.29, 0.717) is 0 Å². The minimum absolute atomic E-state index is 0.857. The molecule has 0 aliphatic carbocycles. The molecule has 19 heavy (non-hydrogen) atoms. The molecule has 0 fully saturated rings. The summed E-state index contributed by atoms with van der Waals surface area (Å²) in [5.74, 6) is 0. The molecule has 0 amide bonds. The van der Waals surface area contributed by atoms with Crippen LogP contribution >= 0.6 is 0 Å². The highest BCUT2D eigenvalue weighted by atomic mass is 15.1. The van der Waals surface area contributed by atoms with Gasteiger partial charge in [0.15, 0.2) is 0 Å². The van der Waals surface area contributed by atoms with Gasteiger partial charge in [-0.2, -0.15) is 0 Å². The molecule has 0 bridgehead atoms. The van der Waals surface area contributed by atoms with Crippen molar-refractivity contribution in [2.45, 2.75) is 13.1 Å². The molecule has 0 saturated heterocycles. The second kappa shape index (κ2) is 5.44. The maximum atomic E-state index is 4.09. The van der Waals surface area contributed by atoms with Gasteiger partial charge in [-0.15, -0.1) is 0 Å². The summed E-state index contributed by atoms with van der Waals surface area (Å²) in [5, 5.41) is 3.04. The molecular formula is C15H16N4. The Hall–Kier alpha value is -2.49. The van der Waals surface area contributed by atoms with Crippen molar-refractivity contribution in [1.82, 2.24) is 19.8 Å². The van der Waals surface area contributed by atoms with Gasteiger partial charge in [-0.1, -0.05) is 24.3 Å². The first kappa shape index (κ1) is 11.6. The Bertz CT molecular complexity index is 572. The van der Waals surface area contributed by atoms with E-state index >= 15 is 0 Å². The molecule has 96 valence electrons. The Balaban J connectivity index is 1.79. The summed E-state index contributed by atoms with van der Waals surface area (Å²) in [4.78, 5) is 6.24. The summed E-state index contributed by atoms with van der Waals surface area (Å²) in [5.41, 5.74) is 2.65. The van der Waals surface area contributed by atoms with Crippen molar-refractivity contribution in [2.24, 2.45) is 0 Å². The van der Waals surface area contributed by atoms with Gasteiger partial charge in [-0.25, -0.2) is 4.98 Å². The van der Waals surface area contributed by atoms with E-state index in [0.717, 1.165) is 13.1 Å². The van der Waals surface area contributed by atoms with Crippen molar-refractivity contribution in [1.29, 1.82) is 0 Å². The van der Waals surface area contributed by atoms with Gasteiger partial charge in [0.05, 0.1) is 6.33 Å². The standard InChI is InChI=1S/C15H16N4/c1-2-4-15(12-19-10-7-17-13-19)14(3-1)11-18-8-5-16-6-9-18/h1-10,13,16H,11-12H2. The molecular weight excluding hydrogens is 236 g/mol. The zero-order valence-corrected chi connectivity index (χ0v) is 10.6. The van der Waals surface area contributed by atoms with Crippen LogP contribution < -0.4 is 5.32 Å². The van der Waals surface area contributed by atoms with Crippen molar-refractivity contribution in [2.75, 3.05) is 0 Å². The van der Waals surface area contributed by atoms with Gasteiger partial charge in [0.2, 0.25) is 0 Å². The van der Waals surface area contributed by atoms with Gasteiger partial charge in [-0.05, 0) is 11.1 Å². The first-order valence-corrected chi connectivity index (χ1v) is 6.29. The number of imidazole rings is 1. The molecule has 0 radical (unpaired) electrons. The van der Waals surface area contributed by atoms with Crippen LogP contribution in [0.25, 0.3) is 0 Å². The minimum atomic E-state index is 0.857. The van der Waals surface area contributed by atoms with Crippen molar-refractivity contribution in [3.8, 4) is 0 Å². The zero-order valence-electron chi connectivity index (χ0n) is 10.6. The van der Waals surface area contributed by atoms with E-state index < -0.39 is 0 Å². The number of benzene rings is 1. The van der Waals surface area contributed by atoms with Crippen molar-refractivity contribution < 1.29 is 0 Å². The molecule has 3 rings (SSSR count). The third-order valence-corrected chi connectivity index (χ3v) is 3.11. The van der Waals surface area contributed by atoms with E-state index in [1.165, 1.54) is 11.1 Å². The highest BCUT2D eigenvalue weighted by molar-refractivity contribution is 5.28. The Morgan fingerprint density at radius 3 is 2.42 bits per heavy atom. The molecule has 2 heterocycles. The van der Waals surface area contributed by atoms with Gasteiger partial charge in [0.1, 0.15) is 0 Å². The Kier molecular flexibility index (Phi) is 3.32. The highest BCUT2D eigenvalue weighted by Crippen LogP contribution is 2.14. The van der Waals surface area contributed by atoms with Gasteiger partial charge in [-0.3, -0.25) is 0 Å². The summed E-state index contributed by atoms with van der Waals surface area (Å²) in [7, 11) is 0. The van der Waals surface area contributed by atoms with Gasteiger partial charge >= 0.3 is 0 Å². The molecule has 4 heteroatoms. The van der Waals surface area contributed by atoms with Crippen LogP contribution in [0.4, 0.5) is 0 Å². The van der Waals surface area contributed by atoms with E-state index in [2.05, 4.69) is 44.0 Å². The summed E-state index contributed by atoms with van der Waals surface area (Å²) < 4.78 is 2.09. The van der Waals surface area contributed by atoms with Crippen LogP contribution in [0.3, 0.4) is 0 Å². The lowest BCUT2D eigenvalue weighted by atomic mass is 10.1. The van der Waals surface area contributed by atoms with Crippen molar-refractivity contribution >= 4 is 0 Å². The quantitative estimate of drug-likeness (QED) is 0.906. The van der Waals surface area contributed by atoms with Crippen LogP contribution in [0.1, 0.15) is 11.1 Å².